The van der Waals surface area contributed by atoms with Gasteiger partial charge < -0.3 is 19.1 Å². The van der Waals surface area contributed by atoms with Crippen molar-refractivity contribution in [2.45, 2.75) is 6.61 Å². The maximum absolute atomic E-state index is 13.4. The van der Waals surface area contributed by atoms with Crippen molar-refractivity contribution in [1.29, 1.82) is 0 Å². The van der Waals surface area contributed by atoms with E-state index in [1.807, 2.05) is 12.2 Å². The maximum Gasteiger partial charge on any atom is 0.387 e. The molecule has 2 heterocycles. The molecule has 6 nitrogen and oxygen atoms in total. The molecule has 2 aliphatic rings. The van der Waals surface area contributed by atoms with Gasteiger partial charge >= 0.3 is 6.61 Å². The van der Waals surface area contributed by atoms with Gasteiger partial charge in [0.25, 0.3) is 5.91 Å². The SMILES string of the molecule is O=C1C(Oc2ccc(F)c(F)c2)=CCN1c1ccc(OCCN2CC=CC2)c(OC(F)F)c1. The van der Waals surface area contributed by atoms with Crippen molar-refractivity contribution in [1.82, 2.24) is 4.90 Å². The van der Waals surface area contributed by atoms with Crippen molar-refractivity contribution < 1.29 is 36.6 Å². The van der Waals surface area contributed by atoms with Gasteiger partial charge in [0.05, 0.1) is 0 Å². The fraction of sp³-hybridized carbons (Fsp3) is 0.261. The molecule has 0 N–H and O–H groups in total. The van der Waals surface area contributed by atoms with Crippen molar-refractivity contribution in [2.75, 3.05) is 37.7 Å². The molecular formula is C23H20F4N2O4. The van der Waals surface area contributed by atoms with Gasteiger partial charge in [0, 0.05) is 44.0 Å². The van der Waals surface area contributed by atoms with E-state index in [0.29, 0.717) is 6.54 Å². The first-order chi connectivity index (χ1) is 15.9. The number of benzene rings is 2. The summed E-state index contributed by atoms with van der Waals surface area (Å²) >= 11 is 0. The molecule has 10 heteroatoms. The van der Waals surface area contributed by atoms with Crippen LogP contribution in [0.3, 0.4) is 0 Å². The molecule has 0 aliphatic carbocycles. The summed E-state index contributed by atoms with van der Waals surface area (Å²) in [4.78, 5) is 16.1. The van der Waals surface area contributed by atoms with Gasteiger partial charge in [0.2, 0.25) is 0 Å². The van der Waals surface area contributed by atoms with Crippen LogP contribution in [0.15, 0.2) is 60.4 Å². The Morgan fingerprint density at radius 1 is 0.939 bits per heavy atom. The second-order valence-electron chi connectivity index (χ2n) is 7.25. The summed E-state index contributed by atoms with van der Waals surface area (Å²) in [7, 11) is 0. The number of rotatable bonds is 9. The number of carbonyl (C=O) groups is 1. The van der Waals surface area contributed by atoms with Gasteiger partial charge in [-0.2, -0.15) is 8.78 Å². The first-order valence-electron chi connectivity index (χ1n) is 10.1. The molecule has 1 amide bonds. The molecule has 0 saturated carbocycles. The predicted octanol–water partition coefficient (Wildman–Crippen LogP) is 4.13. The molecule has 0 spiro atoms. The highest BCUT2D eigenvalue weighted by Crippen LogP contribution is 2.35. The number of halogens is 4. The molecule has 0 bridgehead atoms. The van der Waals surface area contributed by atoms with E-state index in [9.17, 15) is 22.4 Å². The van der Waals surface area contributed by atoms with Crippen molar-refractivity contribution in [3.63, 3.8) is 0 Å². The summed E-state index contributed by atoms with van der Waals surface area (Å²) in [6, 6.07) is 7.17. The Morgan fingerprint density at radius 3 is 2.45 bits per heavy atom. The Balaban J connectivity index is 1.44. The highest BCUT2D eigenvalue weighted by atomic mass is 19.3. The van der Waals surface area contributed by atoms with Gasteiger partial charge in [-0.05, 0) is 30.3 Å². The molecule has 0 fully saturated rings. The second-order valence-corrected chi connectivity index (χ2v) is 7.25. The van der Waals surface area contributed by atoms with E-state index in [-0.39, 0.29) is 41.8 Å². The first-order valence-corrected chi connectivity index (χ1v) is 10.1. The van der Waals surface area contributed by atoms with Crippen LogP contribution < -0.4 is 19.1 Å². The van der Waals surface area contributed by atoms with Crippen LogP contribution in [0, 0.1) is 11.6 Å². The van der Waals surface area contributed by atoms with Gasteiger partial charge in [-0.15, -0.1) is 0 Å². The Bertz CT molecular complexity index is 1080. The minimum absolute atomic E-state index is 0.0472. The molecular weight excluding hydrogens is 444 g/mol. The van der Waals surface area contributed by atoms with E-state index in [0.717, 1.165) is 25.2 Å². The molecule has 174 valence electrons. The summed E-state index contributed by atoms with van der Waals surface area (Å²) < 4.78 is 68.0. The van der Waals surface area contributed by atoms with Crippen LogP contribution >= 0.6 is 0 Å². The molecule has 0 aromatic heterocycles. The van der Waals surface area contributed by atoms with Crippen molar-refractivity contribution in [3.05, 3.63) is 72.0 Å². The zero-order valence-electron chi connectivity index (χ0n) is 17.3. The first kappa shape index (κ1) is 22.7. The van der Waals surface area contributed by atoms with Gasteiger partial charge in [0.15, 0.2) is 28.9 Å². The summed E-state index contributed by atoms with van der Waals surface area (Å²) in [5, 5.41) is 0. The van der Waals surface area contributed by atoms with Crippen LogP contribution in [0.4, 0.5) is 23.2 Å². The summed E-state index contributed by atoms with van der Waals surface area (Å²) in [6.07, 6.45) is 5.52. The maximum atomic E-state index is 13.4. The number of carbonyl (C=O) groups excluding carboxylic acids is 1. The van der Waals surface area contributed by atoms with Crippen LogP contribution in [0.5, 0.6) is 17.2 Å². The molecule has 0 atom stereocenters. The van der Waals surface area contributed by atoms with Crippen molar-refractivity contribution >= 4 is 11.6 Å². The highest BCUT2D eigenvalue weighted by Gasteiger charge is 2.28. The smallest absolute Gasteiger partial charge is 0.387 e. The standard InChI is InChI=1S/C23H20F4N2O4/c24-17-5-4-16(14-18(17)25)32-20-7-10-29(22(20)30)15-3-6-19(21(13-15)33-23(26)27)31-12-11-28-8-1-2-9-28/h1-7,13-14,23H,8-12H2. The lowest BCUT2D eigenvalue weighted by atomic mass is 10.2. The zero-order valence-corrected chi connectivity index (χ0v) is 17.3. The van der Waals surface area contributed by atoms with E-state index in [4.69, 9.17) is 9.47 Å². The molecule has 33 heavy (non-hydrogen) atoms. The van der Waals surface area contributed by atoms with Gasteiger partial charge in [0.1, 0.15) is 12.4 Å². The summed E-state index contributed by atoms with van der Waals surface area (Å²) in [6.45, 7) is -0.485. The summed E-state index contributed by atoms with van der Waals surface area (Å²) in [5.41, 5.74) is 0.284. The Morgan fingerprint density at radius 2 is 1.73 bits per heavy atom. The fourth-order valence-electron chi connectivity index (χ4n) is 3.41. The molecule has 2 aliphatic heterocycles. The summed E-state index contributed by atoms with van der Waals surface area (Å²) in [5.74, 6) is -2.94. The minimum Gasteiger partial charge on any atom is -0.488 e. The Hall–Kier alpha value is -3.53. The molecule has 2 aromatic carbocycles. The molecule has 2 aromatic rings. The van der Waals surface area contributed by atoms with Crippen LogP contribution in [0.2, 0.25) is 0 Å². The average molecular weight is 464 g/mol. The largest absolute Gasteiger partial charge is 0.488 e. The van der Waals surface area contributed by atoms with Crippen LogP contribution in [-0.2, 0) is 4.79 Å². The Labute approximate surface area is 187 Å². The lowest BCUT2D eigenvalue weighted by molar-refractivity contribution is -0.116. The predicted molar refractivity (Wildman–Crippen MR) is 112 cm³/mol. The number of hydrogen-bond donors (Lipinski definition) is 0. The van der Waals surface area contributed by atoms with Gasteiger partial charge in [-0.3, -0.25) is 9.69 Å². The average Bonchev–Trinajstić information content (AvgIpc) is 3.42. The van der Waals surface area contributed by atoms with E-state index >= 15 is 0 Å². The quantitative estimate of drug-likeness (QED) is 0.413. The molecule has 0 radical (unpaired) electrons. The van der Waals surface area contributed by atoms with Gasteiger partial charge in [-0.25, -0.2) is 8.78 Å². The highest BCUT2D eigenvalue weighted by molar-refractivity contribution is 6.07. The monoisotopic (exact) mass is 464 g/mol. The minimum atomic E-state index is -3.08. The third-order valence-electron chi connectivity index (χ3n) is 5.05. The topological polar surface area (TPSA) is 51.2 Å². The number of hydrogen-bond acceptors (Lipinski definition) is 5. The van der Waals surface area contributed by atoms with E-state index in [1.54, 1.807) is 0 Å². The third kappa shape index (κ3) is 5.46. The number of alkyl halides is 2. The third-order valence-corrected chi connectivity index (χ3v) is 5.05. The van der Waals surface area contributed by atoms with Gasteiger partial charge in [-0.1, -0.05) is 12.2 Å². The van der Waals surface area contributed by atoms with Crippen LogP contribution in [0.1, 0.15) is 0 Å². The van der Waals surface area contributed by atoms with E-state index < -0.39 is 24.2 Å². The lowest BCUT2D eigenvalue weighted by Crippen LogP contribution is -2.28. The molecule has 0 saturated heterocycles. The number of nitrogens with zero attached hydrogens (tertiary/aromatic N) is 2. The molecule has 0 unspecified atom stereocenters. The van der Waals surface area contributed by atoms with Crippen LogP contribution in [-0.4, -0.2) is 50.2 Å². The Kier molecular flexibility index (Phi) is 6.83. The van der Waals surface area contributed by atoms with E-state index in [2.05, 4.69) is 9.64 Å². The zero-order chi connectivity index (χ0) is 23.4. The fourth-order valence-corrected chi connectivity index (χ4v) is 3.41. The van der Waals surface area contributed by atoms with Crippen molar-refractivity contribution in [3.8, 4) is 17.2 Å². The second kappa shape index (κ2) is 9.95. The van der Waals surface area contributed by atoms with Crippen LogP contribution in [0.25, 0.3) is 0 Å². The number of anilines is 1. The number of amides is 1. The van der Waals surface area contributed by atoms with Crippen molar-refractivity contribution in [2.24, 2.45) is 0 Å². The van der Waals surface area contributed by atoms with E-state index in [1.165, 1.54) is 35.2 Å². The lowest BCUT2D eigenvalue weighted by Gasteiger charge is -2.20. The number of ether oxygens (including phenoxy) is 3. The molecule has 4 rings (SSSR count). The normalized spacial score (nSPS) is 16.0.